The van der Waals surface area contributed by atoms with Crippen LogP contribution in [0.15, 0.2) is 155 Å². The van der Waals surface area contributed by atoms with E-state index in [9.17, 15) is 5.26 Å². The third-order valence-corrected chi connectivity index (χ3v) is 10.2. The molecule has 1 aliphatic carbocycles. The topological polar surface area (TPSA) is 88.9 Å². The number of nitrogens with zero attached hydrogens (tertiary/aromatic N) is 2. The van der Waals surface area contributed by atoms with E-state index in [2.05, 4.69) is 79.5 Å². The Morgan fingerprint density at radius 2 is 1.35 bits per heavy atom. The zero-order valence-corrected chi connectivity index (χ0v) is 28.2. The fourth-order valence-electron chi connectivity index (χ4n) is 7.65. The Balaban J connectivity index is 1.12. The van der Waals surface area contributed by atoms with Crippen molar-refractivity contribution < 1.29 is 4.42 Å². The standard InChI is InChI=1S/C46H32N4O/c1-46(2)40-24-28(27-47)17-20-35(40)36-21-18-31(26-41(36)46)33-14-8-15-37-39-25-30(19-22-42(39)51-43(33)37)32-12-6-7-13-38(32)44(48)50-45-34(16-9-23-49-45)29-10-4-3-5-11-29/h3-26H,1-2H3,(H2,48,49,50). The van der Waals surface area contributed by atoms with E-state index in [1.54, 1.807) is 0 Å². The molecule has 2 N–H and O–H groups in total. The number of rotatable bonds is 4. The fraction of sp³-hybridized carbons (Fsp3) is 0.0652. The number of nitriles is 1. The number of aromatic nitrogens is 1. The Morgan fingerprint density at radius 1 is 0.647 bits per heavy atom. The normalized spacial score (nSPS) is 13.2. The van der Waals surface area contributed by atoms with Gasteiger partial charge in [-0.1, -0.05) is 111 Å². The van der Waals surface area contributed by atoms with Gasteiger partial charge in [0.25, 0.3) is 0 Å². The van der Waals surface area contributed by atoms with Gasteiger partial charge in [0, 0.05) is 39.1 Å². The number of H-pyrrole nitrogens is 1. The summed E-state index contributed by atoms with van der Waals surface area (Å²) in [6.07, 6.45) is 1.84. The van der Waals surface area contributed by atoms with Crippen molar-refractivity contribution in [1.29, 1.82) is 10.7 Å². The molecule has 0 spiro atoms. The van der Waals surface area contributed by atoms with Crippen molar-refractivity contribution in [2.75, 3.05) is 0 Å². The van der Waals surface area contributed by atoms with Crippen LogP contribution in [0.1, 0.15) is 36.1 Å². The van der Waals surface area contributed by atoms with Gasteiger partial charge in [0.05, 0.1) is 11.6 Å². The molecule has 5 nitrogen and oxygen atoms in total. The number of fused-ring (bicyclic) bond motifs is 6. The third-order valence-electron chi connectivity index (χ3n) is 10.2. The summed E-state index contributed by atoms with van der Waals surface area (Å²) in [7, 11) is 0. The van der Waals surface area contributed by atoms with Crippen molar-refractivity contribution >= 4 is 27.8 Å². The molecule has 51 heavy (non-hydrogen) atoms. The van der Waals surface area contributed by atoms with Crippen molar-refractivity contribution in [2.45, 2.75) is 19.3 Å². The van der Waals surface area contributed by atoms with Crippen LogP contribution in [-0.2, 0) is 5.41 Å². The number of furan rings is 1. The van der Waals surface area contributed by atoms with E-state index >= 15 is 0 Å². The monoisotopic (exact) mass is 656 g/mol. The maximum Gasteiger partial charge on any atom is 0.154 e. The number of hydrogen-bond acceptors (Lipinski definition) is 3. The summed E-state index contributed by atoms with van der Waals surface area (Å²) in [5, 5.41) is 20.7. The van der Waals surface area contributed by atoms with E-state index in [1.807, 2.05) is 91.1 Å². The molecule has 0 amide bonds. The van der Waals surface area contributed by atoms with Gasteiger partial charge in [0.1, 0.15) is 16.7 Å². The quantitative estimate of drug-likeness (QED) is 0.146. The molecular formula is C46H32N4O. The van der Waals surface area contributed by atoms with Crippen LogP contribution in [0.2, 0.25) is 0 Å². The minimum Gasteiger partial charge on any atom is -0.455 e. The number of nitrogens with one attached hydrogen (secondary N) is 2. The summed E-state index contributed by atoms with van der Waals surface area (Å²) in [6.45, 7) is 4.47. The zero-order valence-electron chi connectivity index (χ0n) is 28.2. The average Bonchev–Trinajstić information content (AvgIpc) is 3.66. The van der Waals surface area contributed by atoms with E-state index in [4.69, 9.17) is 14.8 Å². The highest BCUT2D eigenvalue weighted by Gasteiger charge is 2.36. The SMILES string of the molecule is CC1(C)c2cc(C#N)ccc2-c2ccc(-c3cccc4c3oc3ccc(-c5ccccc5C(=N)N=c5[nH]cccc5-c5ccccc5)cc34)cc21. The second-order valence-corrected chi connectivity index (χ2v) is 13.6. The highest BCUT2D eigenvalue weighted by molar-refractivity contribution is 6.11. The molecule has 0 aliphatic heterocycles. The van der Waals surface area contributed by atoms with Gasteiger partial charge in [-0.3, -0.25) is 5.41 Å². The number of hydrogen-bond donors (Lipinski definition) is 2. The first-order valence-corrected chi connectivity index (χ1v) is 17.0. The first-order chi connectivity index (χ1) is 24.9. The van der Waals surface area contributed by atoms with E-state index in [1.165, 1.54) is 22.3 Å². The van der Waals surface area contributed by atoms with Crippen molar-refractivity contribution in [3.8, 4) is 50.6 Å². The van der Waals surface area contributed by atoms with Crippen LogP contribution in [0.4, 0.5) is 0 Å². The third kappa shape index (κ3) is 4.92. The molecular weight excluding hydrogens is 625 g/mol. The Morgan fingerprint density at radius 3 is 2.20 bits per heavy atom. The first-order valence-electron chi connectivity index (χ1n) is 17.0. The van der Waals surface area contributed by atoms with Crippen molar-refractivity contribution in [3.63, 3.8) is 0 Å². The lowest BCUT2D eigenvalue weighted by molar-refractivity contribution is 0.660. The molecule has 1 aliphatic rings. The average molecular weight is 657 g/mol. The van der Waals surface area contributed by atoms with E-state index in [0.717, 1.165) is 60.9 Å². The van der Waals surface area contributed by atoms with Gasteiger partial charge in [-0.05, 0) is 87.0 Å². The van der Waals surface area contributed by atoms with Gasteiger partial charge in [-0.2, -0.15) is 5.26 Å². The summed E-state index contributed by atoms with van der Waals surface area (Å²) < 4.78 is 6.60. The van der Waals surface area contributed by atoms with Gasteiger partial charge >= 0.3 is 0 Å². The Bertz CT molecular complexity index is 2810. The molecule has 0 saturated carbocycles. The molecule has 0 saturated heterocycles. The number of pyridine rings is 1. The Kier molecular flexibility index (Phi) is 6.94. The lowest BCUT2D eigenvalue weighted by atomic mass is 9.81. The van der Waals surface area contributed by atoms with Crippen LogP contribution in [0.5, 0.6) is 0 Å². The van der Waals surface area contributed by atoms with Gasteiger partial charge in [-0.15, -0.1) is 0 Å². The van der Waals surface area contributed by atoms with Crippen LogP contribution in [0.3, 0.4) is 0 Å². The summed E-state index contributed by atoms with van der Waals surface area (Å²) in [5.74, 6) is 0.176. The smallest absolute Gasteiger partial charge is 0.154 e. The Hall–Kier alpha value is -6.77. The van der Waals surface area contributed by atoms with Crippen molar-refractivity contribution in [3.05, 3.63) is 173 Å². The molecule has 2 heterocycles. The molecule has 0 radical (unpaired) electrons. The van der Waals surface area contributed by atoms with Crippen LogP contribution in [0.25, 0.3) is 66.4 Å². The predicted octanol–water partition coefficient (Wildman–Crippen LogP) is 11.0. The maximum absolute atomic E-state index is 9.55. The molecule has 6 aromatic carbocycles. The number of para-hydroxylation sites is 1. The number of benzene rings is 6. The largest absolute Gasteiger partial charge is 0.455 e. The summed E-state index contributed by atoms with van der Waals surface area (Å²) >= 11 is 0. The van der Waals surface area contributed by atoms with Crippen LogP contribution >= 0.6 is 0 Å². The zero-order chi connectivity index (χ0) is 34.7. The second kappa shape index (κ2) is 11.7. The summed E-state index contributed by atoms with van der Waals surface area (Å²) in [6, 6.07) is 49.6. The van der Waals surface area contributed by atoms with Gasteiger partial charge < -0.3 is 9.40 Å². The Labute approximate surface area is 295 Å². The second-order valence-electron chi connectivity index (χ2n) is 13.6. The highest BCUT2D eigenvalue weighted by Crippen LogP contribution is 2.50. The molecule has 0 atom stereocenters. The molecule has 0 unspecified atom stereocenters. The van der Waals surface area contributed by atoms with Gasteiger partial charge in [-0.25, -0.2) is 4.99 Å². The number of amidine groups is 1. The molecule has 8 aromatic rings. The lowest BCUT2D eigenvalue weighted by Gasteiger charge is -2.22. The van der Waals surface area contributed by atoms with Crippen LogP contribution in [0, 0.1) is 16.7 Å². The van der Waals surface area contributed by atoms with Crippen molar-refractivity contribution in [2.24, 2.45) is 4.99 Å². The predicted molar refractivity (Wildman–Crippen MR) is 205 cm³/mol. The molecule has 0 fully saturated rings. The molecule has 0 bridgehead atoms. The number of aromatic amines is 1. The van der Waals surface area contributed by atoms with Crippen LogP contribution < -0.4 is 5.49 Å². The van der Waals surface area contributed by atoms with E-state index < -0.39 is 0 Å². The maximum atomic E-state index is 9.55. The van der Waals surface area contributed by atoms with Gasteiger partial charge in [0.2, 0.25) is 0 Å². The summed E-state index contributed by atoms with van der Waals surface area (Å²) in [5.41, 5.74) is 14.3. The molecule has 242 valence electrons. The van der Waals surface area contributed by atoms with Crippen molar-refractivity contribution in [1.82, 2.24) is 4.98 Å². The van der Waals surface area contributed by atoms with Gasteiger partial charge in [0.15, 0.2) is 5.84 Å². The van der Waals surface area contributed by atoms with E-state index in [0.29, 0.717) is 11.1 Å². The summed E-state index contributed by atoms with van der Waals surface area (Å²) in [4.78, 5) is 8.04. The molecule has 2 aromatic heterocycles. The molecule has 5 heteroatoms. The van der Waals surface area contributed by atoms with E-state index in [-0.39, 0.29) is 11.3 Å². The first kappa shape index (κ1) is 30.3. The minimum absolute atomic E-state index is 0.176. The lowest BCUT2D eigenvalue weighted by Crippen LogP contribution is -2.15. The highest BCUT2D eigenvalue weighted by atomic mass is 16.3. The minimum atomic E-state index is -0.237. The van der Waals surface area contributed by atoms with Crippen LogP contribution in [-0.4, -0.2) is 10.8 Å². The fourth-order valence-corrected chi connectivity index (χ4v) is 7.65. The molecule has 9 rings (SSSR count).